The zero-order valence-corrected chi connectivity index (χ0v) is 7.48. The third-order valence-electron chi connectivity index (χ3n) is 3.08. The van der Waals surface area contributed by atoms with Gasteiger partial charge in [-0.05, 0) is 17.9 Å². The van der Waals surface area contributed by atoms with Gasteiger partial charge in [-0.15, -0.1) is 0 Å². The molecule has 2 rings (SSSR count). The smallest absolute Gasteiger partial charge is 0.0531 e. The molecule has 0 unspecified atom stereocenters. The molecule has 1 aromatic carbocycles. The molecule has 0 radical (unpaired) electrons. The first-order valence-corrected chi connectivity index (χ1v) is 4.61. The lowest BCUT2D eigenvalue weighted by Gasteiger charge is -2.13. The van der Waals surface area contributed by atoms with E-state index in [9.17, 15) is 5.11 Å². The predicted molar refractivity (Wildman–Crippen MR) is 50.4 cm³/mol. The molecule has 2 nitrogen and oxygen atoms in total. The molecule has 0 amide bonds. The van der Waals surface area contributed by atoms with Crippen LogP contribution in [0, 0.1) is 5.92 Å². The fourth-order valence-corrected chi connectivity index (χ4v) is 2.03. The van der Waals surface area contributed by atoms with E-state index in [1.54, 1.807) is 0 Å². The monoisotopic (exact) mass is 178 g/mol. The lowest BCUT2D eigenvalue weighted by molar-refractivity contribution is 0.213. The average Bonchev–Trinajstić information content (AvgIpc) is 2.94. The third kappa shape index (κ3) is 1.26. The Morgan fingerprint density at radius 1 is 1.23 bits per heavy atom. The molecule has 2 N–H and O–H groups in total. The summed E-state index contributed by atoms with van der Waals surface area (Å²) in [5, 5.41) is 18.3. The van der Waals surface area contributed by atoms with Crippen LogP contribution in [0.2, 0.25) is 0 Å². The molecule has 0 saturated heterocycles. The number of rotatable bonds is 3. The van der Waals surface area contributed by atoms with E-state index in [1.165, 1.54) is 0 Å². The molecule has 0 bridgehead atoms. The van der Waals surface area contributed by atoms with Crippen molar-refractivity contribution in [3.8, 4) is 0 Å². The quantitative estimate of drug-likeness (QED) is 0.722. The largest absolute Gasteiger partial charge is 0.396 e. The van der Waals surface area contributed by atoms with Crippen molar-refractivity contribution in [2.75, 3.05) is 13.2 Å². The van der Waals surface area contributed by atoms with E-state index < -0.39 is 0 Å². The van der Waals surface area contributed by atoms with Crippen molar-refractivity contribution in [1.82, 2.24) is 0 Å². The van der Waals surface area contributed by atoms with E-state index in [2.05, 4.69) is 0 Å². The summed E-state index contributed by atoms with van der Waals surface area (Å²) in [4.78, 5) is 0. The summed E-state index contributed by atoms with van der Waals surface area (Å²) >= 11 is 0. The normalized spacial score (nSPS) is 31.7. The highest BCUT2D eigenvalue weighted by molar-refractivity contribution is 5.33. The maximum atomic E-state index is 9.30. The van der Waals surface area contributed by atoms with E-state index in [-0.39, 0.29) is 24.5 Å². The molecule has 2 heteroatoms. The first-order valence-electron chi connectivity index (χ1n) is 4.61. The summed E-state index contributed by atoms with van der Waals surface area (Å²) in [5.41, 5.74) is 1.01. The second-order valence-corrected chi connectivity index (χ2v) is 3.76. The van der Waals surface area contributed by atoms with Crippen molar-refractivity contribution in [3.05, 3.63) is 35.9 Å². The molecule has 1 fully saturated rings. The fraction of sp³-hybridized carbons (Fsp3) is 0.455. The Bertz CT molecular complexity index is 283. The molecule has 0 spiro atoms. The Hall–Kier alpha value is -0.860. The minimum absolute atomic E-state index is 0.141. The Kier molecular flexibility index (Phi) is 2.10. The Morgan fingerprint density at radius 2 is 1.92 bits per heavy atom. The highest BCUT2D eigenvalue weighted by atomic mass is 16.3. The van der Waals surface area contributed by atoms with Crippen LogP contribution in [0.5, 0.6) is 0 Å². The van der Waals surface area contributed by atoms with Crippen LogP contribution >= 0.6 is 0 Å². The Labute approximate surface area is 77.8 Å². The number of aliphatic hydroxyl groups is 2. The topological polar surface area (TPSA) is 40.5 Å². The molecular formula is C11H14O2. The molecule has 1 aromatic rings. The van der Waals surface area contributed by atoms with Gasteiger partial charge in [0.25, 0.3) is 0 Å². The van der Waals surface area contributed by atoms with Crippen LogP contribution in [-0.2, 0) is 5.41 Å². The van der Waals surface area contributed by atoms with Crippen LogP contribution in [0.15, 0.2) is 30.3 Å². The van der Waals surface area contributed by atoms with Gasteiger partial charge in [-0.1, -0.05) is 30.3 Å². The van der Waals surface area contributed by atoms with E-state index in [1.807, 2.05) is 30.3 Å². The summed E-state index contributed by atoms with van der Waals surface area (Å²) in [6.45, 7) is 0.317. The van der Waals surface area contributed by atoms with Gasteiger partial charge in [-0.3, -0.25) is 0 Å². The van der Waals surface area contributed by atoms with Gasteiger partial charge < -0.3 is 10.2 Å². The molecule has 1 aliphatic rings. The van der Waals surface area contributed by atoms with Gasteiger partial charge in [-0.25, -0.2) is 0 Å². The first-order chi connectivity index (χ1) is 6.33. The van der Waals surface area contributed by atoms with Gasteiger partial charge in [-0.2, -0.15) is 0 Å². The Morgan fingerprint density at radius 3 is 2.38 bits per heavy atom. The average molecular weight is 178 g/mol. The van der Waals surface area contributed by atoms with Gasteiger partial charge in [0.15, 0.2) is 0 Å². The van der Waals surface area contributed by atoms with Gasteiger partial charge >= 0.3 is 0 Å². The first kappa shape index (κ1) is 8.73. The zero-order valence-electron chi connectivity index (χ0n) is 7.48. The van der Waals surface area contributed by atoms with Crippen LogP contribution < -0.4 is 0 Å². The van der Waals surface area contributed by atoms with Crippen molar-refractivity contribution in [2.24, 2.45) is 5.92 Å². The lowest BCUT2D eigenvalue weighted by Crippen LogP contribution is -2.16. The molecular weight excluding hydrogens is 164 g/mol. The summed E-state index contributed by atoms with van der Waals surface area (Å²) in [6, 6.07) is 9.95. The van der Waals surface area contributed by atoms with Crippen LogP contribution in [-0.4, -0.2) is 23.4 Å². The standard InChI is InChI=1S/C11H14O2/c12-7-10-6-11(10,8-13)9-4-2-1-3-5-9/h1-5,10,12-13H,6-8H2/t10-,11+/m0/s1. The summed E-state index contributed by atoms with van der Waals surface area (Å²) in [6.07, 6.45) is 0.907. The van der Waals surface area contributed by atoms with Crippen molar-refractivity contribution in [1.29, 1.82) is 0 Å². The van der Waals surface area contributed by atoms with Gasteiger partial charge in [0.1, 0.15) is 0 Å². The van der Waals surface area contributed by atoms with Crippen LogP contribution in [0.25, 0.3) is 0 Å². The second-order valence-electron chi connectivity index (χ2n) is 3.76. The second kappa shape index (κ2) is 3.13. The minimum atomic E-state index is -0.143. The lowest BCUT2D eigenvalue weighted by atomic mass is 9.94. The third-order valence-corrected chi connectivity index (χ3v) is 3.08. The number of hydrogen-bond acceptors (Lipinski definition) is 2. The van der Waals surface area contributed by atoms with Crippen molar-refractivity contribution in [2.45, 2.75) is 11.8 Å². The maximum Gasteiger partial charge on any atom is 0.0531 e. The molecule has 1 saturated carbocycles. The van der Waals surface area contributed by atoms with Crippen molar-refractivity contribution in [3.63, 3.8) is 0 Å². The number of aliphatic hydroxyl groups excluding tert-OH is 2. The van der Waals surface area contributed by atoms with Gasteiger partial charge in [0, 0.05) is 12.0 Å². The molecule has 2 atom stereocenters. The maximum absolute atomic E-state index is 9.30. The SMILES string of the molecule is OC[C@@H]1C[C@@]1(CO)c1ccccc1. The molecule has 70 valence electrons. The molecule has 13 heavy (non-hydrogen) atoms. The fourth-order valence-electron chi connectivity index (χ4n) is 2.03. The Balaban J connectivity index is 2.25. The number of benzene rings is 1. The van der Waals surface area contributed by atoms with Crippen LogP contribution in [0.3, 0.4) is 0 Å². The zero-order chi connectivity index (χ0) is 9.31. The highest BCUT2D eigenvalue weighted by Crippen LogP contribution is 2.53. The summed E-state index contributed by atoms with van der Waals surface area (Å²) in [5.74, 6) is 0.250. The van der Waals surface area contributed by atoms with E-state index in [0.29, 0.717) is 0 Å². The highest BCUT2D eigenvalue weighted by Gasteiger charge is 2.54. The predicted octanol–water partition coefficient (Wildman–Crippen LogP) is 0.929. The van der Waals surface area contributed by atoms with E-state index in [0.717, 1.165) is 12.0 Å². The van der Waals surface area contributed by atoms with E-state index >= 15 is 0 Å². The van der Waals surface area contributed by atoms with E-state index in [4.69, 9.17) is 5.11 Å². The van der Waals surface area contributed by atoms with Crippen molar-refractivity contribution < 1.29 is 10.2 Å². The van der Waals surface area contributed by atoms with Gasteiger partial charge in [0.2, 0.25) is 0 Å². The van der Waals surface area contributed by atoms with Crippen molar-refractivity contribution >= 4 is 0 Å². The molecule has 1 aliphatic carbocycles. The summed E-state index contributed by atoms with van der Waals surface area (Å²) in [7, 11) is 0. The number of hydrogen-bond donors (Lipinski definition) is 2. The molecule has 0 heterocycles. The van der Waals surface area contributed by atoms with Crippen LogP contribution in [0.1, 0.15) is 12.0 Å². The molecule has 0 aliphatic heterocycles. The molecule has 0 aromatic heterocycles. The van der Waals surface area contributed by atoms with Gasteiger partial charge in [0.05, 0.1) is 6.61 Å². The summed E-state index contributed by atoms with van der Waals surface area (Å²) < 4.78 is 0. The minimum Gasteiger partial charge on any atom is -0.396 e. The van der Waals surface area contributed by atoms with Crippen LogP contribution in [0.4, 0.5) is 0 Å².